The molecule has 0 amide bonds. The summed E-state index contributed by atoms with van der Waals surface area (Å²) in [5.74, 6) is -0.685. The number of aromatic nitrogens is 3. The van der Waals surface area contributed by atoms with Crippen molar-refractivity contribution in [1.29, 1.82) is 0 Å². The van der Waals surface area contributed by atoms with Crippen LogP contribution in [-0.2, 0) is 4.74 Å². The summed E-state index contributed by atoms with van der Waals surface area (Å²) in [6.45, 7) is 3.18. The van der Waals surface area contributed by atoms with Gasteiger partial charge in [-0.15, -0.1) is 0 Å². The van der Waals surface area contributed by atoms with Crippen molar-refractivity contribution in [2.75, 3.05) is 36.5 Å². The number of anilines is 3. The summed E-state index contributed by atoms with van der Waals surface area (Å²) < 4.78 is 35.8. The molecule has 2 aromatic carbocycles. The van der Waals surface area contributed by atoms with Gasteiger partial charge in [-0.3, -0.25) is 9.38 Å². The van der Waals surface area contributed by atoms with Gasteiger partial charge in [-0.1, -0.05) is 6.07 Å². The number of nitrogens with one attached hydrogen (secondary N) is 1. The molecule has 8 heteroatoms. The van der Waals surface area contributed by atoms with Crippen LogP contribution < -0.4 is 10.2 Å². The summed E-state index contributed by atoms with van der Waals surface area (Å²) in [6, 6.07) is 11.7. The van der Waals surface area contributed by atoms with E-state index in [-0.39, 0.29) is 11.4 Å². The molecule has 1 aliphatic rings. The Labute approximate surface area is 171 Å². The second kappa shape index (κ2) is 7.72. The van der Waals surface area contributed by atoms with Crippen LogP contribution in [0.15, 0.2) is 61.1 Å². The van der Waals surface area contributed by atoms with Crippen LogP contribution in [0.4, 0.5) is 26.0 Å². The molecule has 6 nitrogen and oxygen atoms in total. The SMILES string of the molecule is Fc1cccc(F)c1-c1nc(Nc2ccc(N3CCOCC3)cc2)c2cnccn12. The monoisotopic (exact) mass is 407 g/mol. The van der Waals surface area contributed by atoms with Gasteiger partial charge in [0.25, 0.3) is 0 Å². The quantitative estimate of drug-likeness (QED) is 0.548. The summed E-state index contributed by atoms with van der Waals surface area (Å²) in [6.07, 6.45) is 4.80. The third kappa shape index (κ3) is 3.35. The van der Waals surface area contributed by atoms with Crippen LogP contribution in [-0.4, -0.2) is 40.7 Å². The molecule has 0 saturated carbocycles. The molecular formula is C22H19F2N5O. The zero-order valence-electron chi connectivity index (χ0n) is 16.1. The second-order valence-corrected chi connectivity index (χ2v) is 6.98. The highest BCUT2D eigenvalue weighted by molar-refractivity contribution is 5.78. The topological polar surface area (TPSA) is 54.7 Å². The standard InChI is InChI=1S/C22H19F2N5O/c23-17-2-1-3-18(24)20(17)22-27-21(19-14-25-8-9-29(19)22)26-15-4-6-16(7-5-15)28-10-12-30-13-11-28/h1-9,14,26H,10-13H2. The smallest absolute Gasteiger partial charge is 0.158 e. The van der Waals surface area contributed by atoms with Crippen LogP contribution in [0.1, 0.15) is 0 Å². The first kappa shape index (κ1) is 18.5. The summed E-state index contributed by atoms with van der Waals surface area (Å²) in [5.41, 5.74) is 2.38. The fourth-order valence-corrected chi connectivity index (χ4v) is 3.63. The van der Waals surface area contributed by atoms with Crippen molar-refractivity contribution < 1.29 is 13.5 Å². The average molecular weight is 407 g/mol. The van der Waals surface area contributed by atoms with Crippen molar-refractivity contribution in [3.05, 3.63) is 72.7 Å². The fourth-order valence-electron chi connectivity index (χ4n) is 3.63. The predicted molar refractivity (Wildman–Crippen MR) is 111 cm³/mol. The summed E-state index contributed by atoms with van der Waals surface area (Å²) in [5, 5.41) is 3.25. The van der Waals surface area contributed by atoms with E-state index in [4.69, 9.17) is 4.74 Å². The lowest BCUT2D eigenvalue weighted by atomic mass is 10.2. The molecule has 1 fully saturated rings. The number of rotatable bonds is 4. The summed E-state index contributed by atoms with van der Waals surface area (Å²) in [4.78, 5) is 10.9. The molecule has 0 aliphatic carbocycles. The first-order chi connectivity index (χ1) is 14.7. The van der Waals surface area contributed by atoms with E-state index in [9.17, 15) is 8.78 Å². The van der Waals surface area contributed by atoms with Crippen molar-refractivity contribution in [2.45, 2.75) is 0 Å². The highest BCUT2D eigenvalue weighted by atomic mass is 19.1. The molecule has 5 rings (SSSR count). The van der Waals surface area contributed by atoms with E-state index in [1.165, 1.54) is 18.2 Å². The van der Waals surface area contributed by atoms with E-state index in [1.807, 2.05) is 24.3 Å². The van der Waals surface area contributed by atoms with Crippen molar-refractivity contribution in [3.8, 4) is 11.4 Å². The van der Waals surface area contributed by atoms with Crippen LogP contribution in [0.25, 0.3) is 16.9 Å². The Kier molecular flexibility index (Phi) is 4.76. The van der Waals surface area contributed by atoms with Gasteiger partial charge in [0.1, 0.15) is 17.2 Å². The van der Waals surface area contributed by atoms with Gasteiger partial charge < -0.3 is 15.0 Å². The highest BCUT2D eigenvalue weighted by Gasteiger charge is 2.19. The summed E-state index contributed by atoms with van der Waals surface area (Å²) in [7, 11) is 0. The lowest BCUT2D eigenvalue weighted by Gasteiger charge is -2.28. The second-order valence-electron chi connectivity index (χ2n) is 6.98. The van der Waals surface area contributed by atoms with E-state index >= 15 is 0 Å². The molecule has 4 aromatic rings. The normalized spacial score (nSPS) is 14.3. The number of morpholine rings is 1. The lowest BCUT2D eigenvalue weighted by molar-refractivity contribution is 0.122. The minimum atomic E-state index is -0.667. The van der Waals surface area contributed by atoms with E-state index in [0.717, 1.165) is 37.7 Å². The van der Waals surface area contributed by atoms with Crippen molar-refractivity contribution in [2.24, 2.45) is 0 Å². The average Bonchev–Trinajstić information content (AvgIpc) is 3.13. The van der Waals surface area contributed by atoms with Crippen LogP contribution in [0, 0.1) is 11.6 Å². The van der Waals surface area contributed by atoms with E-state index in [0.29, 0.717) is 11.3 Å². The van der Waals surface area contributed by atoms with Gasteiger partial charge in [0.2, 0.25) is 0 Å². The van der Waals surface area contributed by atoms with Gasteiger partial charge in [0.05, 0.1) is 25.0 Å². The van der Waals surface area contributed by atoms with E-state index in [2.05, 4.69) is 20.2 Å². The molecule has 30 heavy (non-hydrogen) atoms. The third-order valence-electron chi connectivity index (χ3n) is 5.14. The van der Waals surface area contributed by atoms with E-state index < -0.39 is 11.6 Å². The molecular weight excluding hydrogens is 388 g/mol. The van der Waals surface area contributed by atoms with Gasteiger partial charge in [-0.25, -0.2) is 13.8 Å². The fraction of sp³-hybridized carbons (Fsp3) is 0.182. The summed E-state index contributed by atoms with van der Waals surface area (Å²) >= 11 is 0. The molecule has 1 saturated heterocycles. The minimum absolute atomic E-state index is 0.172. The first-order valence-corrected chi connectivity index (χ1v) is 9.67. The number of fused-ring (bicyclic) bond motifs is 1. The molecule has 0 atom stereocenters. The van der Waals surface area contributed by atoms with Crippen LogP contribution in [0.5, 0.6) is 0 Å². The third-order valence-corrected chi connectivity index (χ3v) is 5.14. The lowest BCUT2D eigenvalue weighted by Crippen LogP contribution is -2.36. The van der Waals surface area contributed by atoms with Crippen LogP contribution in [0.2, 0.25) is 0 Å². The number of nitrogens with zero attached hydrogens (tertiary/aromatic N) is 4. The molecule has 3 heterocycles. The van der Waals surface area contributed by atoms with Gasteiger partial charge in [-0.2, -0.15) is 0 Å². The number of imidazole rings is 1. The Balaban J connectivity index is 1.49. The molecule has 0 spiro atoms. The Morgan fingerprint density at radius 1 is 0.967 bits per heavy atom. The number of ether oxygens (including phenoxy) is 1. The Bertz CT molecular complexity index is 1170. The maximum Gasteiger partial charge on any atom is 0.158 e. The zero-order valence-corrected chi connectivity index (χ0v) is 16.1. The molecule has 0 radical (unpaired) electrons. The first-order valence-electron chi connectivity index (χ1n) is 9.67. The van der Waals surface area contributed by atoms with Gasteiger partial charge >= 0.3 is 0 Å². The van der Waals surface area contributed by atoms with Crippen molar-refractivity contribution >= 4 is 22.7 Å². The van der Waals surface area contributed by atoms with E-state index in [1.54, 1.807) is 23.0 Å². The largest absolute Gasteiger partial charge is 0.378 e. The minimum Gasteiger partial charge on any atom is -0.378 e. The number of halogens is 2. The molecule has 1 N–H and O–H groups in total. The van der Waals surface area contributed by atoms with Crippen molar-refractivity contribution in [3.63, 3.8) is 0 Å². The molecule has 2 aromatic heterocycles. The Hall–Kier alpha value is -3.52. The number of benzene rings is 2. The van der Waals surface area contributed by atoms with Crippen LogP contribution >= 0.6 is 0 Å². The highest BCUT2D eigenvalue weighted by Crippen LogP contribution is 2.31. The number of hydrogen-bond acceptors (Lipinski definition) is 5. The molecule has 1 aliphatic heterocycles. The molecule has 0 unspecified atom stereocenters. The maximum atomic E-state index is 14.4. The Morgan fingerprint density at radius 2 is 1.70 bits per heavy atom. The molecule has 0 bridgehead atoms. The van der Waals surface area contributed by atoms with Crippen LogP contribution in [0.3, 0.4) is 0 Å². The molecule has 152 valence electrons. The van der Waals surface area contributed by atoms with Crippen molar-refractivity contribution in [1.82, 2.24) is 14.4 Å². The predicted octanol–water partition coefficient (Wildman–Crippen LogP) is 4.25. The Morgan fingerprint density at radius 3 is 2.43 bits per heavy atom. The zero-order chi connectivity index (χ0) is 20.5. The van der Waals surface area contributed by atoms with Gasteiger partial charge in [0, 0.05) is 36.9 Å². The van der Waals surface area contributed by atoms with Gasteiger partial charge in [-0.05, 0) is 36.4 Å². The maximum absolute atomic E-state index is 14.4. The number of hydrogen-bond donors (Lipinski definition) is 1. The van der Waals surface area contributed by atoms with Gasteiger partial charge in [0.15, 0.2) is 11.6 Å².